The minimum absolute atomic E-state index is 0.310. The van der Waals surface area contributed by atoms with Crippen LogP contribution in [-0.2, 0) is 0 Å². The number of amides is 1. The van der Waals surface area contributed by atoms with Crippen LogP contribution in [0.25, 0.3) is 22.4 Å². The predicted molar refractivity (Wildman–Crippen MR) is 124 cm³/mol. The van der Waals surface area contributed by atoms with Gasteiger partial charge in [0.15, 0.2) is 0 Å². The number of nitrogens with zero attached hydrogens (tertiary/aromatic N) is 2. The quantitative estimate of drug-likeness (QED) is 0.301. The summed E-state index contributed by atoms with van der Waals surface area (Å²) in [6, 6.07) is 20.2. The maximum atomic E-state index is 12.5. The molecule has 0 radical (unpaired) electrons. The number of benzene rings is 3. The van der Waals surface area contributed by atoms with Gasteiger partial charge >= 0.3 is 0 Å². The number of carbonyl (C=O) groups excluding carboxylic acids is 1. The fourth-order valence-electron chi connectivity index (χ4n) is 3.03. The monoisotopic (exact) mass is 432 g/mol. The first-order chi connectivity index (χ1) is 15.1. The molecular formula is C24H21ClN4O2. The van der Waals surface area contributed by atoms with Crippen molar-refractivity contribution in [2.24, 2.45) is 5.10 Å². The summed E-state index contributed by atoms with van der Waals surface area (Å²) in [6.45, 7) is 2.75. The van der Waals surface area contributed by atoms with Crippen LogP contribution in [-0.4, -0.2) is 28.7 Å². The van der Waals surface area contributed by atoms with Gasteiger partial charge in [-0.15, -0.1) is 0 Å². The van der Waals surface area contributed by atoms with E-state index in [1.54, 1.807) is 24.4 Å². The van der Waals surface area contributed by atoms with Gasteiger partial charge in [-0.25, -0.2) is 10.4 Å². The molecule has 156 valence electrons. The van der Waals surface area contributed by atoms with Crippen molar-refractivity contribution in [1.82, 2.24) is 15.4 Å². The third-order valence-corrected chi connectivity index (χ3v) is 4.94. The van der Waals surface area contributed by atoms with Crippen molar-refractivity contribution in [1.29, 1.82) is 0 Å². The highest BCUT2D eigenvalue weighted by atomic mass is 35.5. The number of aromatic nitrogens is 2. The van der Waals surface area contributed by atoms with Gasteiger partial charge in [0, 0.05) is 11.1 Å². The van der Waals surface area contributed by atoms with E-state index in [1.165, 1.54) is 0 Å². The molecule has 4 aromatic rings. The zero-order valence-electron chi connectivity index (χ0n) is 16.9. The molecule has 0 fully saturated rings. The molecule has 1 aromatic heterocycles. The van der Waals surface area contributed by atoms with Gasteiger partial charge in [-0.1, -0.05) is 30.7 Å². The van der Waals surface area contributed by atoms with E-state index in [-0.39, 0.29) is 5.91 Å². The van der Waals surface area contributed by atoms with Crippen LogP contribution in [0.15, 0.2) is 71.8 Å². The minimum Gasteiger partial charge on any atom is -0.494 e. The van der Waals surface area contributed by atoms with Crippen LogP contribution >= 0.6 is 11.6 Å². The van der Waals surface area contributed by atoms with Gasteiger partial charge in [0.05, 0.1) is 28.9 Å². The SMILES string of the molecule is CCCOc1ccc(/C=N/NC(=O)c2ccc3nc(-c4ccccc4Cl)[nH]c3c2)cc1. The summed E-state index contributed by atoms with van der Waals surface area (Å²) in [7, 11) is 0. The average Bonchev–Trinajstić information content (AvgIpc) is 3.22. The first-order valence-corrected chi connectivity index (χ1v) is 10.3. The van der Waals surface area contributed by atoms with E-state index in [0.29, 0.717) is 23.0 Å². The standard InChI is InChI=1S/C24H21ClN4O2/c1-2-13-31-18-10-7-16(8-11-18)15-26-29-24(30)17-9-12-21-22(14-17)28-23(27-21)19-5-3-4-6-20(19)25/h3-12,14-15H,2,13H2,1H3,(H,27,28)(H,29,30)/b26-15+. The molecule has 0 aliphatic carbocycles. The van der Waals surface area contributed by atoms with Crippen LogP contribution in [0.4, 0.5) is 0 Å². The summed E-state index contributed by atoms with van der Waals surface area (Å²) in [5.74, 6) is 1.16. The first kappa shape index (κ1) is 20.6. The fourth-order valence-corrected chi connectivity index (χ4v) is 3.26. The molecule has 3 aromatic carbocycles. The molecule has 0 atom stereocenters. The van der Waals surface area contributed by atoms with Gasteiger partial charge in [-0.05, 0) is 66.6 Å². The molecule has 0 saturated carbocycles. The lowest BCUT2D eigenvalue weighted by Crippen LogP contribution is -2.17. The first-order valence-electron chi connectivity index (χ1n) is 9.95. The number of carbonyl (C=O) groups is 1. The van der Waals surface area contributed by atoms with Gasteiger partial charge < -0.3 is 9.72 Å². The molecule has 1 heterocycles. The Morgan fingerprint density at radius 3 is 2.74 bits per heavy atom. The van der Waals surface area contributed by atoms with Crippen molar-refractivity contribution in [3.05, 3.63) is 82.9 Å². The number of hydrazone groups is 1. The van der Waals surface area contributed by atoms with Crippen molar-refractivity contribution in [2.75, 3.05) is 6.61 Å². The van der Waals surface area contributed by atoms with Crippen LogP contribution < -0.4 is 10.2 Å². The summed E-state index contributed by atoms with van der Waals surface area (Å²) < 4.78 is 5.55. The summed E-state index contributed by atoms with van der Waals surface area (Å²) in [6.07, 6.45) is 2.55. The van der Waals surface area contributed by atoms with Gasteiger partial charge in [0.2, 0.25) is 0 Å². The van der Waals surface area contributed by atoms with Gasteiger partial charge in [-0.3, -0.25) is 4.79 Å². The summed E-state index contributed by atoms with van der Waals surface area (Å²) in [5, 5.41) is 4.66. The molecule has 6 nitrogen and oxygen atoms in total. The van der Waals surface area contributed by atoms with E-state index in [4.69, 9.17) is 16.3 Å². The highest BCUT2D eigenvalue weighted by Crippen LogP contribution is 2.27. The van der Waals surface area contributed by atoms with E-state index in [1.807, 2.05) is 48.5 Å². The molecule has 0 aliphatic heterocycles. The molecule has 2 N–H and O–H groups in total. The van der Waals surface area contributed by atoms with Crippen molar-refractivity contribution >= 4 is 34.8 Å². The van der Waals surface area contributed by atoms with Crippen molar-refractivity contribution in [3.8, 4) is 17.1 Å². The Bertz CT molecular complexity index is 1230. The van der Waals surface area contributed by atoms with Crippen molar-refractivity contribution in [2.45, 2.75) is 13.3 Å². The van der Waals surface area contributed by atoms with Crippen molar-refractivity contribution < 1.29 is 9.53 Å². The largest absolute Gasteiger partial charge is 0.494 e. The molecule has 0 spiro atoms. The summed E-state index contributed by atoms with van der Waals surface area (Å²) >= 11 is 6.26. The number of imidazole rings is 1. The highest BCUT2D eigenvalue weighted by Gasteiger charge is 2.11. The second-order valence-electron chi connectivity index (χ2n) is 6.91. The third kappa shape index (κ3) is 4.92. The molecule has 0 bridgehead atoms. The molecule has 4 rings (SSSR count). The average molecular weight is 433 g/mol. The zero-order chi connectivity index (χ0) is 21.6. The fraction of sp³-hybridized carbons (Fsp3) is 0.125. The topological polar surface area (TPSA) is 79.4 Å². The molecule has 1 amide bonds. The maximum Gasteiger partial charge on any atom is 0.271 e. The van der Waals surface area contributed by atoms with Crippen LogP contribution in [0.5, 0.6) is 5.75 Å². The maximum absolute atomic E-state index is 12.5. The number of H-pyrrole nitrogens is 1. The molecule has 0 unspecified atom stereocenters. The Kier molecular flexibility index (Phi) is 6.29. The lowest BCUT2D eigenvalue weighted by atomic mass is 10.2. The van der Waals surface area contributed by atoms with Gasteiger partial charge in [-0.2, -0.15) is 5.10 Å². The lowest BCUT2D eigenvalue weighted by Gasteiger charge is -2.04. The Morgan fingerprint density at radius 1 is 1.16 bits per heavy atom. The highest BCUT2D eigenvalue weighted by molar-refractivity contribution is 6.33. The van der Waals surface area contributed by atoms with Crippen LogP contribution in [0.2, 0.25) is 5.02 Å². The normalized spacial score (nSPS) is 11.2. The number of hydrogen-bond donors (Lipinski definition) is 2. The van der Waals surface area contributed by atoms with Gasteiger partial charge in [0.25, 0.3) is 5.91 Å². The van der Waals surface area contributed by atoms with Gasteiger partial charge in [0.1, 0.15) is 11.6 Å². The predicted octanol–water partition coefficient (Wildman–Crippen LogP) is 5.44. The molecule has 0 saturated heterocycles. The molecule has 31 heavy (non-hydrogen) atoms. The second kappa shape index (κ2) is 9.45. The van der Waals surface area contributed by atoms with E-state index in [2.05, 4.69) is 27.4 Å². The third-order valence-electron chi connectivity index (χ3n) is 4.61. The molecule has 7 heteroatoms. The number of aromatic amines is 1. The van der Waals surface area contributed by atoms with E-state index in [9.17, 15) is 4.79 Å². The minimum atomic E-state index is -0.310. The van der Waals surface area contributed by atoms with E-state index >= 15 is 0 Å². The molecular weight excluding hydrogens is 412 g/mol. The Hall–Kier alpha value is -3.64. The lowest BCUT2D eigenvalue weighted by molar-refractivity contribution is 0.0955. The summed E-state index contributed by atoms with van der Waals surface area (Å²) in [5.41, 5.74) is 6.19. The Labute approximate surface area is 184 Å². The number of fused-ring (bicyclic) bond motifs is 1. The molecule has 0 aliphatic rings. The summed E-state index contributed by atoms with van der Waals surface area (Å²) in [4.78, 5) is 20.3. The van der Waals surface area contributed by atoms with Crippen LogP contribution in [0, 0.1) is 0 Å². The smallest absolute Gasteiger partial charge is 0.271 e. The number of rotatable bonds is 7. The van der Waals surface area contributed by atoms with Crippen LogP contribution in [0.3, 0.4) is 0 Å². The number of hydrogen-bond acceptors (Lipinski definition) is 4. The number of halogens is 1. The number of nitrogens with one attached hydrogen (secondary N) is 2. The zero-order valence-corrected chi connectivity index (χ0v) is 17.7. The van der Waals surface area contributed by atoms with Crippen LogP contribution in [0.1, 0.15) is 29.3 Å². The number of ether oxygens (including phenoxy) is 1. The van der Waals surface area contributed by atoms with E-state index < -0.39 is 0 Å². The van der Waals surface area contributed by atoms with Crippen molar-refractivity contribution in [3.63, 3.8) is 0 Å². The van der Waals surface area contributed by atoms with E-state index in [0.717, 1.165) is 34.3 Å². The second-order valence-corrected chi connectivity index (χ2v) is 7.32. The Balaban J connectivity index is 1.44. The Morgan fingerprint density at radius 2 is 1.97 bits per heavy atom.